The predicted octanol–water partition coefficient (Wildman–Crippen LogP) is 0.814. The van der Waals surface area contributed by atoms with Gasteiger partial charge >= 0.3 is 13.6 Å². The molecule has 19 heavy (non-hydrogen) atoms. The third-order valence-corrected chi connectivity index (χ3v) is 2.51. The normalized spacial score (nSPS) is 10.8. The van der Waals surface area contributed by atoms with E-state index in [1.165, 1.54) is 13.8 Å². The SMILES string of the molecule is C=CC(=O)NC(C)(C)C(=O)OCCP(=O)(O)O.CC. The van der Waals surface area contributed by atoms with Crippen molar-refractivity contribution in [3.63, 3.8) is 0 Å². The van der Waals surface area contributed by atoms with Gasteiger partial charge in [0.2, 0.25) is 5.91 Å². The van der Waals surface area contributed by atoms with Gasteiger partial charge in [0.05, 0.1) is 6.16 Å². The largest absolute Gasteiger partial charge is 0.463 e. The van der Waals surface area contributed by atoms with Crippen LogP contribution >= 0.6 is 7.60 Å². The van der Waals surface area contributed by atoms with Gasteiger partial charge in [-0.2, -0.15) is 0 Å². The second kappa shape index (κ2) is 8.85. The summed E-state index contributed by atoms with van der Waals surface area (Å²) < 4.78 is 15.2. The molecule has 0 aliphatic rings. The molecule has 0 unspecified atom stereocenters. The quantitative estimate of drug-likeness (QED) is 0.380. The predicted molar refractivity (Wildman–Crippen MR) is 71.6 cm³/mol. The lowest BCUT2D eigenvalue weighted by atomic mass is 10.1. The Hall–Kier alpha value is -1.17. The monoisotopic (exact) mass is 295 g/mol. The van der Waals surface area contributed by atoms with Crippen molar-refractivity contribution in [2.75, 3.05) is 12.8 Å². The molecule has 0 aromatic carbocycles. The van der Waals surface area contributed by atoms with Crippen molar-refractivity contribution in [2.24, 2.45) is 0 Å². The number of hydrogen-bond acceptors (Lipinski definition) is 4. The summed E-state index contributed by atoms with van der Waals surface area (Å²) in [6, 6.07) is 0. The Morgan fingerprint density at radius 1 is 1.37 bits per heavy atom. The van der Waals surface area contributed by atoms with Crippen molar-refractivity contribution in [3.05, 3.63) is 12.7 Å². The van der Waals surface area contributed by atoms with Crippen LogP contribution < -0.4 is 5.32 Å². The zero-order chi connectivity index (χ0) is 15.7. The standard InChI is InChI=1S/C9H16NO6P.C2H6/c1-4-7(11)10-9(2,3)8(12)16-5-6-17(13,14)15;1-2/h4H,1,5-6H2,2-3H3,(H,10,11)(H2,13,14,15);1-2H3. The molecule has 0 aliphatic heterocycles. The summed E-state index contributed by atoms with van der Waals surface area (Å²) in [7, 11) is -4.19. The molecule has 0 radical (unpaired) electrons. The van der Waals surface area contributed by atoms with E-state index in [-0.39, 0.29) is 0 Å². The summed E-state index contributed by atoms with van der Waals surface area (Å²) in [6.07, 6.45) is 0.453. The van der Waals surface area contributed by atoms with E-state index in [2.05, 4.69) is 16.6 Å². The van der Waals surface area contributed by atoms with E-state index in [4.69, 9.17) is 9.79 Å². The first kappa shape index (κ1) is 20.2. The zero-order valence-corrected chi connectivity index (χ0v) is 12.6. The zero-order valence-electron chi connectivity index (χ0n) is 11.7. The van der Waals surface area contributed by atoms with Gasteiger partial charge in [0.1, 0.15) is 12.1 Å². The van der Waals surface area contributed by atoms with E-state index in [1.807, 2.05) is 13.8 Å². The number of amides is 1. The molecular formula is C11H22NO6P. The maximum atomic E-state index is 11.5. The molecule has 0 atom stereocenters. The number of esters is 1. The van der Waals surface area contributed by atoms with E-state index in [0.717, 1.165) is 6.08 Å². The topological polar surface area (TPSA) is 113 Å². The second-order valence-corrected chi connectivity index (χ2v) is 5.62. The molecule has 0 saturated heterocycles. The van der Waals surface area contributed by atoms with Gasteiger partial charge in [0.25, 0.3) is 0 Å². The van der Waals surface area contributed by atoms with Gasteiger partial charge in [0.15, 0.2) is 0 Å². The van der Waals surface area contributed by atoms with Crippen molar-refractivity contribution < 1.29 is 28.7 Å². The molecule has 0 saturated carbocycles. The summed E-state index contributed by atoms with van der Waals surface area (Å²) in [4.78, 5) is 39.6. The fourth-order valence-electron chi connectivity index (χ4n) is 0.848. The van der Waals surface area contributed by atoms with Gasteiger partial charge in [-0.1, -0.05) is 20.4 Å². The Labute approximate surface area is 113 Å². The Balaban J connectivity index is 0. The minimum Gasteiger partial charge on any atom is -0.463 e. The van der Waals surface area contributed by atoms with Gasteiger partial charge in [-0.15, -0.1) is 0 Å². The van der Waals surface area contributed by atoms with Crippen LogP contribution in [0.1, 0.15) is 27.7 Å². The van der Waals surface area contributed by atoms with Crippen LogP contribution in [0.5, 0.6) is 0 Å². The third-order valence-electron chi connectivity index (χ3n) is 1.75. The van der Waals surface area contributed by atoms with Crippen LogP contribution in [0.15, 0.2) is 12.7 Å². The molecular weight excluding hydrogens is 273 g/mol. The molecule has 0 heterocycles. The van der Waals surface area contributed by atoms with Crippen molar-refractivity contribution >= 4 is 19.5 Å². The van der Waals surface area contributed by atoms with Gasteiger partial charge in [0, 0.05) is 0 Å². The van der Waals surface area contributed by atoms with Crippen LogP contribution in [-0.2, 0) is 18.9 Å². The van der Waals surface area contributed by atoms with Gasteiger partial charge < -0.3 is 19.8 Å². The average Bonchev–Trinajstić information content (AvgIpc) is 2.29. The first-order chi connectivity index (χ1) is 8.58. The molecule has 0 aromatic heterocycles. The molecule has 0 fully saturated rings. The third kappa shape index (κ3) is 10.4. The highest BCUT2D eigenvalue weighted by atomic mass is 31.2. The summed E-state index contributed by atoms with van der Waals surface area (Å²) in [6.45, 7) is 9.65. The molecule has 8 heteroatoms. The molecule has 3 N–H and O–H groups in total. The van der Waals surface area contributed by atoms with Gasteiger partial charge in [-0.3, -0.25) is 9.36 Å². The Morgan fingerprint density at radius 2 is 1.84 bits per heavy atom. The van der Waals surface area contributed by atoms with Crippen molar-refractivity contribution in [2.45, 2.75) is 33.2 Å². The molecule has 0 rings (SSSR count). The minimum atomic E-state index is -4.19. The summed E-state index contributed by atoms with van der Waals surface area (Å²) in [5, 5.41) is 2.33. The van der Waals surface area contributed by atoms with E-state index in [1.54, 1.807) is 0 Å². The Kier molecular flexibility index (Phi) is 9.39. The van der Waals surface area contributed by atoms with E-state index in [0.29, 0.717) is 0 Å². The first-order valence-electron chi connectivity index (χ1n) is 5.75. The fourth-order valence-corrected chi connectivity index (χ4v) is 1.18. The van der Waals surface area contributed by atoms with Crippen molar-refractivity contribution in [3.8, 4) is 0 Å². The molecule has 0 bridgehead atoms. The van der Waals surface area contributed by atoms with Crippen LogP contribution in [0.4, 0.5) is 0 Å². The van der Waals surface area contributed by atoms with Crippen LogP contribution in [-0.4, -0.2) is 40.0 Å². The fraction of sp³-hybridized carbons (Fsp3) is 0.636. The highest BCUT2D eigenvalue weighted by Crippen LogP contribution is 2.33. The second-order valence-electron chi connectivity index (χ2n) is 3.84. The highest BCUT2D eigenvalue weighted by molar-refractivity contribution is 7.51. The number of carbonyl (C=O) groups is 2. The Bertz CT molecular complexity index is 360. The van der Waals surface area contributed by atoms with Crippen LogP contribution in [0.3, 0.4) is 0 Å². The van der Waals surface area contributed by atoms with E-state index >= 15 is 0 Å². The summed E-state index contributed by atoms with van der Waals surface area (Å²) >= 11 is 0. The molecule has 112 valence electrons. The molecule has 7 nitrogen and oxygen atoms in total. The average molecular weight is 295 g/mol. The number of rotatable bonds is 6. The molecule has 0 spiro atoms. The lowest BCUT2D eigenvalue weighted by Crippen LogP contribution is -2.50. The maximum Gasteiger partial charge on any atom is 0.331 e. The van der Waals surface area contributed by atoms with Gasteiger partial charge in [-0.05, 0) is 19.9 Å². The van der Waals surface area contributed by atoms with Crippen LogP contribution in [0.2, 0.25) is 0 Å². The van der Waals surface area contributed by atoms with Gasteiger partial charge in [-0.25, -0.2) is 4.79 Å². The maximum absolute atomic E-state index is 11.5. The number of carbonyl (C=O) groups excluding carboxylic acids is 2. The van der Waals surface area contributed by atoms with E-state index < -0.39 is 37.8 Å². The minimum absolute atomic E-state index is 0.406. The van der Waals surface area contributed by atoms with E-state index in [9.17, 15) is 14.2 Å². The number of ether oxygens (including phenoxy) is 1. The summed E-state index contributed by atoms with van der Waals surface area (Å²) in [5.74, 6) is -1.32. The van der Waals surface area contributed by atoms with Crippen molar-refractivity contribution in [1.29, 1.82) is 0 Å². The smallest absolute Gasteiger partial charge is 0.331 e. The molecule has 1 amide bonds. The summed E-state index contributed by atoms with van der Waals surface area (Å²) in [5.41, 5.74) is -1.28. The first-order valence-corrected chi connectivity index (χ1v) is 7.54. The van der Waals surface area contributed by atoms with Crippen molar-refractivity contribution in [1.82, 2.24) is 5.32 Å². The highest BCUT2D eigenvalue weighted by Gasteiger charge is 2.30. The lowest BCUT2D eigenvalue weighted by molar-refractivity contribution is -0.151. The van der Waals surface area contributed by atoms with Crippen LogP contribution in [0.25, 0.3) is 0 Å². The Morgan fingerprint density at radius 3 is 2.21 bits per heavy atom. The number of nitrogens with one attached hydrogen (secondary N) is 1. The lowest BCUT2D eigenvalue weighted by Gasteiger charge is -2.23. The number of hydrogen-bond donors (Lipinski definition) is 3. The molecule has 0 aromatic rings. The molecule has 0 aliphatic carbocycles. The van der Waals surface area contributed by atoms with Crippen LogP contribution in [0, 0.1) is 0 Å².